The third kappa shape index (κ3) is 3.98. The highest BCUT2D eigenvalue weighted by Crippen LogP contribution is 2.49. The molecule has 0 atom stereocenters. The number of amides is 1. The Bertz CT molecular complexity index is 1060. The number of carbonyl (C=O) groups is 1. The van der Waals surface area contributed by atoms with Gasteiger partial charge in [0.1, 0.15) is 0 Å². The minimum Gasteiger partial charge on any atom is -0.351 e. The van der Waals surface area contributed by atoms with Crippen LogP contribution in [0.1, 0.15) is 34.7 Å². The van der Waals surface area contributed by atoms with Crippen molar-refractivity contribution < 1.29 is 22.5 Å². The fraction of sp³-hybridized carbons (Fsp3) is 0.250. The smallest absolute Gasteiger partial charge is 0.351 e. The summed E-state index contributed by atoms with van der Waals surface area (Å²) in [5.41, 5.74) is 1.36. The first-order chi connectivity index (χ1) is 13.8. The van der Waals surface area contributed by atoms with Crippen molar-refractivity contribution in [2.24, 2.45) is 0 Å². The van der Waals surface area contributed by atoms with E-state index in [4.69, 9.17) is 11.6 Å². The summed E-state index contributed by atoms with van der Waals surface area (Å²) in [6, 6.07) is 13.6. The molecular weight excluding hydrogens is 407 g/mol. The highest BCUT2D eigenvalue weighted by Gasteiger charge is 2.45. The third-order valence-electron chi connectivity index (χ3n) is 4.94. The van der Waals surface area contributed by atoms with Gasteiger partial charge in [0.2, 0.25) is 5.82 Å². The molecule has 3 aromatic rings. The van der Waals surface area contributed by atoms with Crippen LogP contribution >= 0.6 is 11.6 Å². The van der Waals surface area contributed by atoms with E-state index in [-0.39, 0.29) is 28.3 Å². The third-order valence-corrected chi connectivity index (χ3v) is 5.27. The van der Waals surface area contributed by atoms with E-state index in [1.165, 1.54) is 12.1 Å². The van der Waals surface area contributed by atoms with Crippen molar-refractivity contribution in [1.29, 1.82) is 0 Å². The second-order valence-electron chi connectivity index (χ2n) is 6.94. The van der Waals surface area contributed by atoms with Crippen LogP contribution < -0.4 is 5.32 Å². The summed E-state index contributed by atoms with van der Waals surface area (Å²) in [5, 5.41) is 6.90. The van der Waals surface area contributed by atoms with Crippen LogP contribution in [0.2, 0.25) is 5.02 Å². The van der Waals surface area contributed by atoms with Crippen LogP contribution in [0.3, 0.4) is 0 Å². The van der Waals surface area contributed by atoms with Crippen molar-refractivity contribution in [1.82, 2.24) is 15.5 Å². The molecule has 4 rings (SSSR count). The molecule has 1 aliphatic carbocycles. The maximum Gasteiger partial charge on any atom is 0.471 e. The maximum atomic E-state index is 12.6. The van der Waals surface area contributed by atoms with Crippen molar-refractivity contribution in [2.75, 3.05) is 6.54 Å². The second-order valence-corrected chi connectivity index (χ2v) is 7.35. The molecule has 1 N–H and O–H groups in total. The summed E-state index contributed by atoms with van der Waals surface area (Å²) in [7, 11) is 0. The van der Waals surface area contributed by atoms with Gasteiger partial charge in [-0.3, -0.25) is 4.79 Å². The number of hydrogen-bond donors (Lipinski definition) is 1. The Balaban J connectivity index is 1.48. The van der Waals surface area contributed by atoms with Gasteiger partial charge in [-0.05, 0) is 36.6 Å². The quantitative estimate of drug-likeness (QED) is 0.638. The van der Waals surface area contributed by atoms with Crippen LogP contribution in [0.5, 0.6) is 0 Å². The molecule has 9 heteroatoms. The molecule has 1 aliphatic rings. The predicted molar refractivity (Wildman–Crippen MR) is 99.4 cm³/mol. The molecule has 1 amide bonds. The van der Waals surface area contributed by atoms with E-state index >= 15 is 0 Å². The Kier molecular flexibility index (Phi) is 4.82. The molecule has 5 nitrogen and oxygen atoms in total. The Morgan fingerprint density at radius 3 is 2.59 bits per heavy atom. The van der Waals surface area contributed by atoms with Gasteiger partial charge >= 0.3 is 12.1 Å². The lowest BCUT2D eigenvalue weighted by Gasteiger charge is -2.18. The molecular formula is C20H15ClF3N3O2. The van der Waals surface area contributed by atoms with Gasteiger partial charge in [-0.1, -0.05) is 47.1 Å². The number of alkyl halides is 3. The number of halogens is 4. The number of nitrogens with one attached hydrogen (secondary N) is 1. The minimum atomic E-state index is -4.72. The molecule has 0 aliphatic heterocycles. The zero-order valence-corrected chi connectivity index (χ0v) is 15.7. The fourth-order valence-electron chi connectivity index (χ4n) is 3.19. The molecule has 1 saturated carbocycles. The summed E-state index contributed by atoms with van der Waals surface area (Å²) in [6.07, 6.45) is -2.89. The molecule has 1 heterocycles. The molecule has 2 aromatic carbocycles. The van der Waals surface area contributed by atoms with Crippen molar-refractivity contribution in [2.45, 2.75) is 24.4 Å². The summed E-state index contributed by atoms with van der Waals surface area (Å²) < 4.78 is 42.2. The molecule has 1 fully saturated rings. The first-order valence-electron chi connectivity index (χ1n) is 8.83. The van der Waals surface area contributed by atoms with Gasteiger partial charge in [0.25, 0.3) is 5.91 Å². The average molecular weight is 422 g/mol. The van der Waals surface area contributed by atoms with Gasteiger partial charge in [0.15, 0.2) is 0 Å². The molecule has 0 bridgehead atoms. The van der Waals surface area contributed by atoms with E-state index in [2.05, 4.69) is 20.0 Å². The second kappa shape index (κ2) is 7.18. The van der Waals surface area contributed by atoms with Crippen LogP contribution in [0, 0.1) is 0 Å². The number of carbonyl (C=O) groups excluding carboxylic acids is 1. The molecule has 29 heavy (non-hydrogen) atoms. The van der Waals surface area contributed by atoms with Crippen LogP contribution in [-0.4, -0.2) is 22.6 Å². The predicted octanol–water partition coefficient (Wildman–Crippen LogP) is 4.87. The summed E-state index contributed by atoms with van der Waals surface area (Å²) in [6.45, 7) is 0.417. The van der Waals surface area contributed by atoms with Crippen LogP contribution in [0.25, 0.3) is 11.4 Å². The van der Waals surface area contributed by atoms with Crippen molar-refractivity contribution in [3.8, 4) is 11.4 Å². The molecule has 150 valence electrons. The van der Waals surface area contributed by atoms with Gasteiger partial charge in [0.05, 0.1) is 0 Å². The topological polar surface area (TPSA) is 68.0 Å². The van der Waals surface area contributed by atoms with Gasteiger partial charge in [-0.2, -0.15) is 18.2 Å². The van der Waals surface area contributed by atoms with Crippen molar-refractivity contribution in [3.63, 3.8) is 0 Å². The first kappa shape index (κ1) is 19.4. The highest BCUT2D eigenvalue weighted by molar-refractivity contribution is 6.31. The van der Waals surface area contributed by atoms with E-state index in [1.54, 1.807) is 12.1 Å². The lowest BCUT2D eigenvalue weighted by Crippen LogP contribution is -2.32. The zero-order chi connectivity index (χ0) is 20.6. The minimum absolute atomic E-state index is 0.180. The zero-order valence-electron chi connectivity index (χ0n) is 15.0. The lowest BCUT2D eigenvalue weighted by molar-refractivity contribution is -0.159. The summed E-state index contributed by atoms with van der Waals surface area (Å²) in [4.78, 5) is 15.9. The Morgan fingerprint density at radius 1 is 1.17 bits per heavy atom. The maximum absolute atomic E-state index is 12.6. The number of aromatic nitrogens is 2. The number of benzene rings is 2. The van der Waals surface area contributed by atoms with Gasteiger partial charge in [-0.25, -0.2) is 0 Å². The van der Waals surface area contributed by atoms with E-state index < -0.39 is 12.1 Å². The van der Waals surface area contributed by atoms with E-state index in [0.29, 0.717) is 11.6 Å². The Hall–Kier alpha value is -2.87. The van der Waals surface area contributed by atoms with Crippen molar-refractivity contribution in [3.05, 3.63) is 70.6 Å². The molecule has 0 spiro atoms. The molecule has 0 unspecified atom stereocenters. The molecule has 0 radical (unpaired) electrons. The van der Waals surface area contributed by atoms with Crippen LogP contribution in [-0.2, 0) is 11.6 Å². The van der Waals surface area contributed by atoms with Gasteiger partial charge in [0, 0.05) is 28.1 Å². The largest absolute Gasteiger partial charge is 0.471 e. The molecule has 1 aromatic heterocycles. The van der Waals surface area contributed by atoms with Crippen molar-refractivity contribution >= 4 is 17.5 Å². The SMILES string of the molecule is O=C(NCC1(c2ccccc2Cl)CC1)c1cccc(-c2noc(C(F)(F)F)n2)c1. The number of hydrogen-bond acceptors (Lipinski definition) is 4. The van der Waals surface area contributed by atoms with Gasteiger partial charge < -0.3 is 9.84 Å². The van der Waals surface area contributed by atoms with E-state index in [1.807, 2.05) is 24.3 Å². The lowest BCUT2D eigenvalue weighted by atomic mass is 9.95. The highest BCUT2D eigenvalue weighted by atomic mass is 35.5. The fourth-order valence-corrected chi connectivity index (χ4v) is 3.53. The monoisotopic (exact) mass is 421 g/mol. The van der Waals surface area contributed by atoms with Crippen LogP contribution in [0.4, 0.5) is 13.2 Å². The Labute approximate surface area is 168 Å². The van der Waals surface area contributed by atoms with Gasteiger partial charge in [-0.15, -0.1) is 0 Å². The Morgan fingerprint density at radius 2 is 1.93 bits per heavy atom. The molecule has 0 saturated heterocycles. The normalized spacial score (nSPS) is 15.2. The summed E-state index contributed by atoms with van der Waals surface area (Å²) in [5.74, 6) is -2.01. The number of nitrogens with zero attached hydrogens (tertiary/aromatic N) is 2. The standard InChI is InChI=1S/C20H15ClF3N3O2/c21-15-7-2-1-6-14(15)19(8-9-19)11-25-17(28)13-5-3-4-12(10-13)16-26-18(29-27-16)20(22,23)24/h1-7,10H,8-9,11H2,(H,25,28). The average Bonchev–Trinajstić information content (AvgIpc) is 3.30. The van der Waals surface area contributed by atoms with E-state index in [0.717, 1.165) is 18.4 Å². The first-order valence-corrected chi connectivity index (χ1v) is 9.21. The number of rotatable bonds is 5. The van der Waals surface area contributed by atoms with Crippen LogP contribution in [0.15, 0.2) is 53.1 Å². The summed E-state index contributed by atoms with van der Waals surface area (Å²) >= 11 is 6.29. The van der Waals surface area contributed by atoms with E-state index in [9.17, 15) is 18.0 Å².